The Morgan fingerprint density at radius 2 is 1.62 bits per heavy atom. The van der Waals surface area contributed by atoms with Gasteiger partial charge in [-0.05, 0) is 129 Å². The van der Waals surface area contributed by atoms with Gasteiger partial charge >= 0.3 is 0 Å². The summed E-state index contributed by atoms with van der Waals surface area (Å²) in [4.78, 5) is 0. The van der Waals surface area contributed by atoms with E-state index in [1.165, 1.54) is 64.3 Å². The van der Waals surface area contributed by atoms with E-state index in [-0.39, 0.29) is 6.10 Å². The summed E-state index contributed by atoms with van der Waals surface area (Å²) in [6, 6.07) is 0.762. The summed E-state index contributed by atoms with van der Waals surface area (Å²) in [6.07, 6.45) is 15.0. The third kappa shape index (κ3) is 3.25. The molecule has 2 nitrogen and oxygen atoms in total. The first-order valence-corrected chi connectivity index (χ1v) is 13.2. The third-order valence-corrected chi connectivity index (χ3v) is 11.7. The quantitative estimate of drug-likeness (QED) is 0.592. The summed E-state index contributed by atoms with van der Waals surface area (Å²) in [7, 11) is 0. The Bertz CT molecular complexity index is 597. The van der Waals surface area contributed by atoms with Crippen LogP contribution in [0.1, 0.15) is 98.3 Å². The van der Waals surface area contributed by atoms with Crippen molar-refractivity contribution in [1.29, 1.82) is 0 Å². The van der Waals surface area contributed by atoms with Crippen molar-refractivity contribution >= 4 is 0 Å². The highest BCUT2D eigenvalue weighted by molar-refractivity contribution is 5.10. The van der Waals surface area contributed by atoms with E-state index in [0.717, 1.165) is 60.3 Å². The molecular formula is C27H47NO. The van der Waals surface area contributed by atoms with E-state index in [2.05, 4.69) is 33.0 Å². The molecule has 5 rings (SSSR count). The van der Waals surface area contributed by atoms with Crippen molar-refractivity contribution in [3.05, 3.63) is 0 Å². The molecule has 4 saturated carbocycles. The van der Waals surface area contributed by atoms with Crippen molar-refractivity contribution in [2.45, 2.75) is 110 Å². The Labute approximate surface area is 180 Å². The van der Waals surface area contributed by atoms with Gasteiger partial charge in [-0.15, -0.1) is 0 Å². The monoisotopic (exact) mass is 401 g/mol. The van der Waals surface area contributed by atoms with Gasteiger partial charge < -0.3 is 10.4 Å². The summed E-state index contributed by atoms with van der Waals surface area (Å²) in [5.74, 6) is 6.31. The standard InChI is InChI=1S/C27H47NO/c1-17-5-10-25(28-16-17)18(2)22-8-9-23-21-7-6-19-15-20(29)11-13-26(19,3)24(21)12-14-27(22,23)4/h17-25,28-29H,5-16H2,1-4H3/t17?,18?,19?,20?,21-,22?,23-,24-,25?,26-,27+/m0/s1. The number of hydrogen-bond donors (Lipinski definition) is 2. The van der Waals surface area contributed by atoms with Gasteiger partial charge in [-0.2, -0.15) is 0 Å². The van der Waals surface area contributed by atoms with Crippen LogP contribution in [0.3, 0.4) is 0 Å². The van der Waals surface area contributed by atoms with E-state index < -0.39 is 0 Å². The molecule has 0 amide bonds. The molecule has 4 aliphatic carbocycles. The first-order valence-electron chi connectivity index (χ1n) is 13.2. The van der Waals surface area contributed by atoms with Gasteiger partial charge in [0.15, 0.2) is 0 Å². The second kappa shape index (κ2) is 7.51. The minimum absolute atomic E-state index is 0.0131. The molecule has 0 radical (unpaired) electrons. The maximum atomic E-state index is 10.3. The molecule has 2 heteroatoms. The van der Waals surface area contributed by atoms with Gasteiger partial charge in [-0.3, -0.25) is 0 Å². The normalized spacial score (nSPS) is 56.2. The lowest BCUT2D eigenvalue weighted by Gasteiger charge is -2.61. The van der Waals surface area contributed by atoms with E-state index in [0.29, 0.717) is 10.8 Å². The van der Waals surface area contributed by atoms with Crippen LogP contribution in [0.4, 0.5) is 0 Å². The van der Waals surface area contributed by atoms with Crippen molar-refractivity contribution < 1.29 is 5.11 Å². The average molecular weight is 402 g/mol. The first kappa shape index (κ1) is 20.8. The lowest BCUT2D eigenvalue weighted by atomic mass is 9.44. The van der Waals surface area contributed by atoms with E-state index in [4.69, 9.17) is 0 Å². The van der Waals surface area contributed by atoms with Crippen LogP contribution in [0.5, 0.6) is 0 Å². The molecule has 11 atom stereocenters. The molecule has 1 aliphatic heterocycles. The van der Waals surface area contributed by atoms with Gasteiger partial charge in [0, 0.05) is 6.04 Å². The second-order valence-electron chi connectivity index (χ2n) is 12.9. The highest BCUT2D eigenvalue weighted by Gasteiger charge is 2.60. The smallest absolute Gasteiger partial charge is 0.0543 e. The maximum Gasteiger partial charge on any atom is 0.0543 e. The van der Waals surface area contributed by atoms with Crippen LogP contribution < -0.4 is 5.32 Å². The second-order valence-corrected chi connectivity index (χ2v) is 12.9. The molecule has 1 saturated heterocycles. The van der Waals surface area contributed by atoms with E-state index in [1.54, 1.807) is 0 Å². The van der Waals surface area contributed by atoms with Crippen LogP contribution in [0, 0.1) is 52.3 Å². The first-order chi connectivity index (χ1) is 13.8. The number of nitrogens with one attached hydrogen (secondary N) is 1. The van der Waals surface area contributed by atoms with Crippen LogP contribution in [-0.2, 0) is 0 Å². The van der Waals surface area contributed by atoms with Crippen LogP contribution in [0.15, 0.2) is 0 Å². The summed E-state index contributed by atoms with van der Waals surface area (Å²) in [6.45, 7) is 11.6. The van der Waals surface area contributed by atoms with Gasteiger partial charge in [0.05, 0.1) is 6.10 Å². The zero-order chi connectivity index (χ0) is 20.4. The largest absolute Gasteiger partial charge is 0.393 e. The topological polar surface area (TPSA) is 32.3 Å². The number of aliphatic hydroxyl groups is 1. The Morgan fingerprint density at radius 3 is 2.38 bits per heavy atom. The number of aliphatic hydroxyl groups excluding tert-OH is 1. The predicted molar refractivity (Wildman–Crippen MR) is 121 cm³/mol. The van der Waals surface area contributed by atoms with Gasteiger partial charge in [0.1, 0.15) is 0 Å². The van der Waals surface area contributed by atoms with Gasteiger partial charge in [-0.25, -0.2) is 0 Å². The fraction of sp³-hybridized carbons (Fsp3) is 1.00. The number of fused-ring (bicyclic) bond motifs is 5. The Balaban J connectivity index is 1.33. The average Bonchev–Trinajstić information content (AvgIpc) is 3.06. The van der Waals surface area contributed by atoms with E-state index >= 15 is 0 Å². The molecule has 5 aliphatic rings. The highest BCUT2D eigenvalue weighted by Crippen LogP contribution is 2.68. The van der Waals surface area contributed by atoms with Crippen LogP contribution in [-0.4, -0.2) is 23.8 Å². The number of hydrogen-bond acceptors (Lipinski definition) is 2. The van der Waals surface area contributed by atoms with E-state index in [1.807, 2.05) is 0 Å². The molecule has 0 aromatic carbocycles. The van der Waals surface area contributed by atoms with Gasteiger partial charge in [0.25, 0.3) is 0 Å². The molecule has 2 N–H and O–H groups in total. The summed E-state index contributed by atoms with van der Waals surface area (Å²) >= 11 is 0. The minimum Gasteiger partial charge on any atom is -0.393 e. The summed E-state index contributed by atoms with van der Waals surface area (Å²) in [5.41, 5.74) is 1.11. The van der Waals surface area contributed by atoms with Crippen LogP contribution in [0.2, 0.25) is 0 Å². The van der Waals surface area contributed by atoms with Crippen molar-refractivity contribution in [2.24, 2.45) is 52.3 Å². The number of rotatable bonds is 2. The zero-order valence-electron chi connectivity index (χ0n) is 19.6. The molecule has 0 aromatic rings. The molecule has 0 bridgehead atoms. The molecule has 5 fully saturated rings. The van der Waals surface area contributed by atoms with Crippen molar-refractivity contribution in [1.82, 2.24) is 5.32 Å². The Morgan fingerprint density at radius 1 is 0.862 bits per heavy atom. The maximum absolute atomic E-state index is 10.3. The lowest BCUT2D eigenvalue weighted by molar-refractivity contribution is -0.130. The van der Waals surface area contributed by atoms with Crippen molar-refractivity contribution in [3.63, 3.8) is 0 Å². The van der Waals surface area contributed by atoms with Gasteiger partial charge in [-0.1, -0.05) is 27.7 Å². The minimum atomic E-state index is -0.0131. The summed E-state index contributed by atoms with van der Waals surface area (Å²) in [5, 5.41) is 14.2. The van der Waals surface area contributed by atoms with Crippen LogP contribution >= 0.6 is 0 Å². The van der Waals surface area contributed by atoms with Crippen molar-refractivity contribution in [3.8, 4) is 0 Å². The molecule has 29 heavy (non-hydrogen) atoms. The molecule has 1 heterocycles. The molecule has 0 aromatic heterocycles. The Kier molecular flexibility index (Phi) is 5.38. The molecular weight excluding hydrogens is 354 g/mol. The SMILES string of the molecule is CC1CCC(C(C)C2CC[C@H]3[C@@H]4CCC5CC(O)CC[C@]5(C)[C@H]4CC[C@]23C)NC1. The molecule has 0 spiro atoms. The summed E-state index contributed by atoms with van der Waals surface area (Å²) < 4.78 is 0. The highest BCUT2D eigenvalue weighted by atomic mass is 16.3. The zero-order valence-corrected chi connectivity index (χ0v) is 19.6. The molecule has 166 valence electrons. The van der Waals surface area contributed by atoms with E-state index in [9.17, 15) is 5.11 Å². The third-order valence-electron chi connectivity index (χ3n) is 11.7. The number of piperidine rings is 1. The fourth-order valence-electron chi connectivity index (χ4n) is 9.89. The fourth-order valence-corrected chi connectivity index (χ4v) is 9.89. The van der Waals surface area contributed by atoms with Crippen LogP contribution in [0.25, 0.3) is 0 Å². The molecule has 6 unspecified atom stereocenters. The Hall–Kier alpha value is -0.0800. The predicted octanol–water partition coefficient (Wildman–Crippen LogP) is 6.03. The van der Waals surface area contributed by atoms with Gasteiger partial charge in [0.2, 0.25) is 0 Å². The lowest BCUT2D eigenvalue weighted by Crippen LogP contribution is -2.55. The van der Waals surface area contributed by atoms with Crippen molar-refractivity contribution in [2.75, 3.05) is 6.54 Å².